The Hall–Kier alpha value is -1.46. The van der Waals surface area contributed by atoms with E-state index >= 15 is 0 Å². The fourth-order valence-electron chi connectivity index (χ4n) is 2.47. The van der Waals surface area contributed by atoms with Crippen LogP contribution in [-0.4, -0.2) is 65.1 Å². The van der Waals surface area contributed by atoms with E-state index in [-0.39, 0.29) is 5.91 Å². The van der Waals surface area contributed by atoms with Crippen molar-refractivity contribution in [1.82, 2.24) is 19.9 Å². The molecule has 1 radical (unpaired) electrons. The zero-order valence-corrected chi connectivity index (χ0v) is 12.4. The summed E-state index contributed by atoms with van der Waals surface area (Å²) in [6.45, 7) is 9.96. The van der Waals surface area contributed by atoms with Gasteiger partial charge in [-0.25, -0.2) is 5.01 Å². The number of likely N-dealkylation sites (N-methyl/N-ethyl adjacent to an activating group) is 1. The Morgan fingerprint density at radius 1 is 1.35 bits per heavy atom. The average molecular weight is 275 g/mol. The summed E-state index contributed by atoms with van der Waals surface area (Å²) in [5, 5.41) is 4.05. The maximum Gasteiger partial charge on any atom is 0.269 e. The molecule has 0 aliphatic carbocycles. The van der Waals surface area contributed by atoms with Crippen LogP contribution in [0.4, 0.5) is 0 Å². The number of hydrazine groups is 1. The van der Waals surface area contributed by atoms with E-state index in [1.165, 1.54) is 0 Å². The molecule has 0 unspecified atom stereocenters. The fourth-order valence-corrected chi connectivity index (χ4v) is 2.47. The topological polar surface area (TPSA) is 39.7 Å². The predicted molar refractivity (Wildman–Crippen MR) is 78.1 cm³/mol. The molecule has 0 aromatic carbocycles. The molecular weight excluding hydrogens is 252 g/mol. The van der Waals surface area contributed by atoms with Crippen LogP contribution in [0.2, 0.25) is 0 Å². The van der Waals surface area contributed by atoms with Gasteiger partial charge < -0.3 is 4.90 Å². The van der Waals surface area contributed by atoms with E-state index in [1.54, 1.807) is 18.3 Å². The first-order chi connectivity index (χ1) is 9.76. The van der Waals surface area contributed by atoms with Crippen LogP contribution in [0.3, 0.4) is 0 Å². The summed E-state index contributed by atoms with van der Waals surface area (Å²) in [6.07, 6.45) is 5.25. The van der Waals surface area contributed by atoms with Crippen LogP contribution in [0.1, 0.15) is 30.6 Å². The molecule has 2 heterocycles. The molecule has 1 amide bonds. The van der Waals surface area contributed by atoms with Crippen molar-refractivity contribution in [3.05, 3.63) is 30.1 Å². The van der Waals surface area contributed by atoms with Crippen molar-refractivity contribution < 1.29 is 4.79 Å². The number of carbonyl (C=O) groups is 1. The molecule has 1 aliphatic heterocycles. The Kier molecular flexibility index (Phi) is 5.49. The summed E-state index contributed by atoms with van der Waals surface area (Å²) in [4.78, 5) is 18.9. The Morgan fingerprint density at radius 3 is 2.65 bits per heavy atom. The smallest absolute Gasteiger partial charge is 0.269 e. The van der Waals surface area contributed by atoms with Crippen molar-refractivity contribution in [2.45, 2.75) is 20.3 Å². The van der Waals surface area contributed by atoms with Gasteiger partial charge in [-0.15, -0.1) is 0 Å². The molecule has 1 fully saturated rings. The zero-order valence-electron chi connectivity index (χ0n) is 12.4. The minimum absolute atomic E-state index is 0.0401. The van der Waals surface area contributed by atoms with Gasteiger partial charge in [-0.2, -0.15) is 0 Å². The van der Waals surface area contributed by atoms with Gasteiger partial charge >= 0.3 is 0 Å². The summed E-state index contributed by atoms with van der Waals surface area (Å²) in [5.41, 5.74) is 0.634. The van der Waals surface area contributed by atoms with Crippen molar-refractivity contribution in [3.63, 3.8) is 0 Å². The van der Waals surface area contributed by atoms with Crippen LogP contribution in [0.5, 0.6) is 0 Å². The summed E-state index contributed by atoms with van der Waals surface area (Å²) >= 11 is 0. The number of rotatable bonds is 5. The first-order valence-corrected chi connectivity index (χ1v) is 7.37. The summed E-state index contributed by atoms with van der Waals surface area (Å²) in [5.74, 6) is 0.0401. The molecule has 1 saturated heterocycles. The van der Waals surface area contributed by atoms with Gasteiger partial charge in [0.15, 0.2) is 0 Å². The second kappa shape index (κ2) is 7.36. The minimum atomic E-state index is 0.0401. The highest BCUT2D eigenvalue weighted by molar-refractivity contribution is 5.93. The van der Waals surface area contributed by atoms with Gasteiger partial charge in [-0.1, -0.05) is 13.8 Å². The number of hydrogen-bond acceptors (Lipinski definition) is 4. The summed E-state index contributed by atoms with van der Waals surface area (Å²) in [6, 6.07) is 3.46. The average Bonchev–Trinajstić information content (AvgIpc) is 2.53. The highest BCUT2D eigenvalue weighted by Crippen LogP contribution is 2.11. The maximum absolute atomic E-state index is 12.6. The van der Waals surface area contributed by atoms with E-state index in [0.29, 0.717) is 5.56 Å². The lowest BCUT2D eigenvalue weighted by atomic mass is 10.2. The molecule has 0 atom stereocenters. The first-order valence-electron chi connectivity index (χ1n) is 7.37. The van der Waals surface area contributed by atoms with E-state index in [2.05, 4.69) is 34.9 Å². The second-order valence-corrected chi connectivity index (χ2v) is 4.99. The Labute approximate surface area is 121 Å². The molecule has 1 aromatic rings. The van der Waals surface area contributed by atoms with Crippen molar-refractivity contribution >= 4 is 5.91 Å². The number of piperazine rings is 1. The molecule has 0 N–H and O–H groups in total. The fraction of sp³-hybridized carbons (Fsp3) is 0.600. The monoisotopic (exact) mass is 275 g/mol. The van der Waals surface area contributed by atoms with Gasteiger partial charge in [0.05, 0.1) is 11.8 Å². The van der Waals surface area contributed by atoms with Gasteiger partial charge in [0.1, 0.15) is 0 Å². The first kappa shape index (κ1) is 14.9. The lowest BCUT2D eigenvalue weighted by molar-refractivity contribution is -0.0367. The highest BCUT2D eigenvalue weighted by atomic mass is 16.2. The van der Waals surface area contributed by atoms with Crippen molar-refractivity contribution in [2.75, 3.05) is 39.3 Å². The number of aromatic nitrogens is 1. The third kappa shape index (κ3) is 3.55. The van der Waals surface area contributed by atoms with E-state index in [1.807, 2.05) is 5.01 Å². The van der Waals surface area contributed by atoms with Crippen LogP contribution >= 0.6 is 0 Å². The van der Waals surface area contributed by atoms with Gasteiger partial charge in [0, 0.05) is 38.9 Å². The number of nitrogens with zero attached hydrogens (tertiary/aromatic N) is 4. The molecule has 1 aromatic heterocycles. The van der Waals surface area contributed by atoms with Crippen LogP contribution in [-0.2, 0) is 0 Å². The number of carbonyl (C=O) groups excluding carboxylic acids is 1. The summed E-state index contributed by atoms with van der Waals surface area (Å²) < 4.78 is 0. The number of amides is 1. The van der Waals surface area contributed by atoms with Crippen molar-refractivity contribution in [2.24, 2.45) is 0 Å². The van der Waals surface area contributed by atoms with Gasteiger partial charge in [-0.05, 0) is 25.1 Å². The highest BCUT2D eigenvalue weighted by Gasteiger charge is 2.25. The van der Waals surface area contributed by atoms with Crippen LogP contribution < -0.4 is 0 Å². The number of hydrogen-bond donors (Lipinski definition) is 0. The Morgan fingerprint density at radius 2 is 2.10 bits per heavy atom. The Balaban J connectivity index is 2.05. The standard InChI is InChI=1S/C15H23N4O/c1-3-8-19(15(20)14-6-5-7-16-13-14)18-11-9-17(4-2)10-12-18/h5-6,13H,3-4,8-12H2,1-2H3. The quantitative estimate of drug-likeness (QED) is 0.812. The molecular formula is C15H23N4O. The maximum atomic E-state index is 12.6. The van der Waals surface area contributed by atoms with E-state index in [0.717, 1.165) is 45.7 Å². The van der Waals surface area contributed by atoms with Crippen molar-refractivity contribution in [1.29, 1.82) is 0 Å². The van der Waals surface area contributed by atoms with Crippen LogP contribution in [0.15, 0.2) is 18.3 Å². The summed E-state index contributed by atoms with van der Waals surface area (Å²) in [7, 11) is 0. The molecule has 109 valence electrons. The third-order valence-electron chi connectivity index (χ3n) is 3.67. The molecule has 1 aliphatic rings. The zero-order chi connectivity index (χ0) is 14.4. The molecule has 2 rings (SSSR count). The molecule has 0 saturated carbocycles. The van der Waals surface area contributed by atoms with Gasteiger partial charge in [0.2, 0.25) is 0 Å². The van der Waals surface area contributed by atoms with E-state index in [9.17, 15) is 4.79 Å². The van der Waals surface area contributed by atoms with Crippen molar-refractivity contribution in [3.8, 4) is 0 Å². The van der Waals surface area contributed by atoms with Crippen LogP contribution in [0, 0.1) is 6.20 Å². The number of pyridine rings is 1. The Bertz CT molecular complexity index is 415. The van der Waals surface area contributed by atoms with Gasteiger partial charge in [-0.3, -0.25) is 14.8 Å². The molecule has 5 heteroatoms. The minimum Gasteiger partial charge on any atom is -0.301 e. The molecule has 0 spiro atoms. The lowest BCUT2D eigenvalue weighted by Crippen LogP contribution is -2.55. The molecule has 20 heavy (non-hydrogen) atoms. The molecule has 5 nitrogen and oxygen atoms in total. The van der Waals surface area contributed by atoms with Crippen LogP contribution in [0.25, 0.3) is 0 Å². The lowest BCUT2D eigenvalue weighted by Gasteiger charge is -2.40. The largest absolute Gasteiger partial charge is 0.301 e. The second-order valence-electron chi connectivity index (χ2n) is 4.99. The van der Waals surface area contributed by atoms with E-state index in [4.69, 9.17) is 0 Å². The molecule has 0 bridgehead atoms. The normalized spacial score (nSPS) is 17.1. The van der Waals surface area contributed by atoms with Gasteiger partial charge in [0.25, 0.3) is 5.91 Å². The third-order valence-corrected chi connectivity index (χ3v) is 3.67. The SMILES string of the molecule is CCCN(C(=O)c1cc[c]nc1)N1CCN(CC)CC1. The predicted octanol–water partition coefficient (Wildman–Crippen LogP) is 1.29. The van der Waals surface area contributed by atoms with E-state index < -0.39 is 0 Å².